The van der Waals surface area contributed by atoms with Crippen molar-refractivity contribution in [3.8, 4) is 11.5 Å². The number of aromatic nitrogens is 3. The fraction of sp³-hybridized carbons (Fsp3) is 0.500. The summed E-state index contributed by atoms with van der Waals surface area (Å²) in [5.41, 5.74) is 1.94. The highest BCUT2D eigenvalue weighted by Crippen LogP contribution is 2.40. The first kappa shape index (κ1) is 13.0. The average Bonchev–Trinajstić information content (AvgIpc) is 3.03. The Morgan fingerprint density at radius 1 is 1.21 bits per heavy atom. The Hall–Kier alpha value is -1.00. The molecule has 3 nitrogen and oxygen atoms in total. The maximum Gasteiger partial charge on any atom is 0.180 e. The van der Waals surface area contributed by atoms with Crippen LogP contribution in [0.3, 0.4) is 0 Å². The molecule has 1 aliphatic rings. The number of thiazole rings is 1. The van der Waals surface area contributed by atoms with Gasteiger partial charge in [0.05, 0.1) is 5.01 Å². The van der Waals surface area contributed by atoms with Crippen molar-refractivity contribution in [1.29, 1.82) is 0 Å². The molecule has 2 aromatic rings. The van der Waals surface area contributed by atoms with Crippen molar-refractivity contribution in [1.82, 2.24) is 15.0 Å². The fourth-order valence-electron chi connectivity index (χ4n) is 1.86. The smallest absolute Gasteiger partial charge is 0.180 e. The third-order valence-corrected chi connectivity index (χ3v) is 4.55. The molecule has 19 heavy (non-hydrogen) atoms. The molecule has 0 atom stereocenters. The van der Waals surface area contributed by atoms with Crippen LogP contribution in [0.5, 0.6) is 0 Å². The van der Waals surface area contributed by atoms with E-state index >= 15 is 0 Å². The second-order valence-electron chi connectivity index (χ2n) is 6.00. The van der Waals surface area contributed by atoms with Crippen molar-refractivity contribution < 1.29 is 0 Å². The lowest BCUT2D eigenvalue weighted by Crippen LogP contribution is -2.10. The molecule has 0 radical (unpaired) electrons. The Bertz CT molecular complexity index is 611. The minimum absolute atomic E-state index is 0.0564. The van der Waals surface area contributed by atoms with E-state index in [0.29, 0.717) is 16.9 Å². The Labute approximate surface area is 122 Å². The van der Waals surface area contributed by atoms with Crippen molar-refractivity contribution in [2.75, 3.05) is 0 Å². The maximum atomic E-state index is 6.09. The number of rotatable bonds is 2. The van der Waals surface area contributed by atoms with Gasteiger partial charge in [0.15, 0.2) is 5.82 Å². The minimum atomic E-state index is 0.0564. The maximum absolute atomic E-state index is 6.09. The third-order valence-electron chi connectivity index (χ3n) is 3.09. The molecule has 1 aliphatic carbocycles. The predicted octanol–water partition coefficient (Wildman–Crippen LogP) is 4.43. The molecule has 2 heterocycles. The molecular weight excluding hydrogens is 278 g/mol. The molecule has 0 aliphatic heterocycles. The van der Waals surface area contributed by atoms with Crippen molar-refractivity contribution in [3.05, 3.63) is 27.3 Å². The molecule has 0 bridgehead atoms. The van der Waals surface area contributed by atoms with Crippen LogP contribution in [0.25, 0.3) is 11.5 Å². The van der Waals surface area contributed by atoms with Crippen LogP contribution in [0.4, 0.5) is 0 Å². The largest absolute Gasteiger partial charge is 0.237 e. The highest BCUT2D eigenvalue weighted by molar-refractivity contribution is 7.10. The summed E-state index contributed by atoms with van der Waals surface area (Å²) in [6, 6.07) is 1.87. The predicted molar refractivity (Wildman–Crippen MR) is 78.8 cm³/mol. The van der Waals surface area contributed by atoms with Crippen LogP contribution >= 0.6 is 22.9 Å². The van der Waals surface area contributed by atoms with Gasteiger partial charge in [0.1, 0.15) is 10.8 Å². The second kappa shape index (κ2) is 4.53. The number of hydrogen-bond acceptors (Lipinski definition) is 4. The molecule has 0 unspecified atom stereocenters. The van der Waals surface area contributed by atoms with E-state index in [4.69, 9.17) is 11.6 Å². The van der Waals surface area contributed by atoms with E-state index in [1.165, 1.54) is 12.8 Å². The Balaban J connectivity index is 1.99. The average molecular weight is 294 g/mol. The van der Waals surface area contributed by atoms with Crippen LogP contribution in [-0.4, -0.2) is 15.0 Å². The van der Waals surface area contributed by atoms with Gasteiger partial charge in [-0.05, 0) is 18.9 Å². The molecule has 2 aromatic heterocycles. The van der Waals surface area contributed by atoms with Gasteiger partial charge in [-0.25, -0.2) is 15.0 Å². The van der Waals surface area contributed by atoms with E-state index in [1.807, 2.05) is 11.4 Å². The molecule has 1 fully saturated rings. The van der Waals surface area contributed by atoms with Crippen LogP contribution in [0.1, 0.15) is 50.2 Å². The van der Waals surface area contributed by atoms with Crippen molar-refractivity contribution >= 4 is 22.9 Å². The lowest BCUT2D eigenvalue weighted by atomic mass is 9.98. The van der Waals surface area contributed by atoms with Crippen LogP contribution in [-0.2, 0) is 5.41 Å². The number of halogens is 1. The summed E-state index contributed by atoms with van der Waals surface area (Å²) in [5, 5.41) is 3.62. The first-order valence-corrected chi connectivity index (χ1v) is 7.70. The Morgan fingerprint density at radius 2 is 1.95 bits per heavy atom. The molecule has 0 aromatic carbocycles. The topological polar surface area (TPSA) is 38.7 Å². The van der Waals surface area contributed by atoms with Gasteiger partial charge in [0.25, 0.3) is 0 Å². The van der Waals surface area contributed by atoms with Crippen molar-refractivity contribution in [2.24, 2.45) is 0 Å². The summed E-state index contributed by atoms with van der Waals surface area (Å²) in [4.78, 5) is 13.6. The second-order valence-corrected chi connectivity index (χ2v) is 7.25. The van der Waals surface area contributed by atoms with Gasteiger partial charge in [-0.3, -0.25) is 0 Å². The first-order chi connectivity index (χ1) is 8.93. The van der Waals surface area contributed by atoms with Crippen LogP contribution in [0, 0.1) is 0 Å². The van der Waals surface area contributed by atoms with Gasteiger partial charge in [-0.2, -0.15) is 0 Å². The van der Waals surface area contributed by atoms with Gasteiger partial charge in [-0.1, -0.05) is 32.4 Å². The molecule has 0 saturated heterocycles. The lowest BCUT2D eigenvalue weighted by Gasteiger charge is -2.13. The summed E-state index contributed by atoms with van der Waals surface area (Å²) in [6.45, 7) is 6.47. The first-order valence-electron chi connectivity index (χ1n) is 6.44. The van der Waals surface area contributed by atoms with E-state index < -0.39 is 0 Å². The monoisotopic (exact) mass is 293 g/mol. The normalized spacial score (nSPS) is 15.8. The van der Waals surface area contributed by atoms with Gasteiger partial charge in [0, 0.05) is 22.4 Å². The molecule has 0 N–H and O–H groups in total. The van der Waals surface area contributed by atoms with Gasteiger partial charge in [-0.15, -0.1) is 11.3 Å². The number of hydrogen-bond donors (Lipinski definition) is 0. The van der Waals surface area contributed by atoms with Crippen LogP contribution < -0.4 is 0 Å². The molecular formula is C14H16ClN3S. The molecule has 1 saturated carbocycles. The zero-order valence-electron chi connectivity index (χ0n) is 11.3. The van der Waals surface area contributed by atoms with Gasteiger partial charge >= 0.3 is 0 Å². The highest BCUT2D eigenvalue weighted by Gasteiger charge is 2.27. The quantitative estimate of drug-likeness (QED) is 0.769. The zero-order valence-corrected chi connectivity index (χ0v) is 12.8. The summed E-state index contributed by atoms with van der Waals surface area (Å²) in [7, 11) is 0. The SMILES string of the molecule is CC(C)(C)c1nc(-c2nc(Cl)cc(C3CC3)n2)cs1. The van der Waals surface area contributed by atoms with E-state index in [2.05, 4.69) is 35.7 Å². The summed E-state index contributed by atoms with van der Waals surface area (Å²) in [6.07, 6.45) is 2.41. The van der Waals surface area contributed by atoms with Gasteiger partial charge in [0.2, 0.25) is 0 Å². The fourth-order valence-corrected chi connectivity index (χ4v) is 2.94. The zero-order chi connectivity index (χ0) is 13.6. The lowest BCUT2D eigenvalue weighted by molar-refractivity contribution is 0.586. The van der Waals surface area contributed by atoms with E-state index in [-0.39, 0.29) is 5.41 Å². The van der Waals surface area contributed by atoms with Crippen LogP contribution in [0.2, 0.25) is 5.15 Å². The molecule has 100 valence electrons. The molecule has 0 spiro atoms. The molecule has 5 heteroatoms. The Morgan fingerprint density at radius 3 is 2.53 bits per heavy atom. The molecule has 0 amide bonds. The highest BCUT2D eigenvalue weighted by atomic mass is 35.5. The summed E-state index contributed by atoms with van der Waals surface area (Å²) < 4.78 is 0. The Kier molecular flexibility index (Phi) is 3.10. The van der Waals surface area contributed by atoms with Crippen LogP contribution in [0.15, 0.2) is 11.4 Å². The van der Waals surface area contributed by atoms with Gasteiger partial charge < -0.3 is 0 Å². The third kappa shape index (κ3) is 2.79. The molecule has 3 rings (SSSR count). The van der Waals surface area contributed by atoms with Crippen molar-refractivity contribution in [2.45, 2.75) is 44.9 Å². The minimum Gasteiger partial charge on any atom is -0.237 e. The van der Waals surface area contributed by atoms with Crippen molar-refractivity contribution in [3.63, 3.8) is 0 Å². The summed E-state index contributed by atoms with van der Waals surface area (Å²) in [5.74, 6) is 1.22. The van der Waals surface area contributed by atoms with E-state index in [1.54, 1.807) is 11.3 Å². The standard InChI is InChI=1S/C14H16ClN3S/c1-14(2,3)13-17-10(7-19-13)12-16-9(8-4-5-8)6-11(15)18-12/h6-8H,4-5H2,1-3H3. The summed E-state index contributed by atoms with van der Waals surface area (Å²) >= 11 is 7.75. The van der Waals surface area contributed by atoms with E-state index in [9.17, 15) is 0 Å². The number of nitrogens with zero attached hydrogens (tertiary/aromatic N) is 3. The van der Waals surface area contributed by atoms with E-state index in [0.717, 1.165) is 16.4 Å².